The first-order valence-corrected chi connectivity index (χ1v) is 9.02. The number of hydrogen-bond acceptors (Lipinski definition) is 3. The first-order valence-electron chi connectivity index (χ1n) is 9.02. The number of benzene rings is 1. The van der Waals surface area contributed by atoms with Crippen molar-refractivity contribution in [3.63, 3.8) is 0 Å². The monoisotopic (exact) mass is 340 g/mol. The minimum absolute atomic E-state index is 0.0285. The lowest BCUT2D eigenvalue weighted by atomic mass is 10.2. The fraction of sp³-hybridized carbons (Fsp3) is 0.450. The van der Waals surface area contributed by atoms with E-state index >= 15 is 0 Å². The molecule has 1 aliphatic rings. The van der Waals surface area contributed by atoms with Gasteiger partial charge in [0.05, 0.1) is 5.56 Å². The summed E-state index contributed by atoms with van der Waals surface area (Å²) in [6.45, 7) is 8.91. The van der Waals surface area contributed by atoms with Crippen molar-refractivity contribution < 1.29 is 4.79 Å². The lowest BCUT2D eigenvalue weighted by molar-refractivity contribution is 0.0933. The predicted octanol–water partition coefficient (Wildman–Crippen LogP) is 1.88. The molecule has 5 heteroatoms. The molecule has 1 aromatic heterocycles. The van der Waals surface area contributed by atoms with Crippen LogP contribution in [-0.2, 0) is 13.6 Å². The molecule has 0 saturated carbocycles. The first-order chi connectivity index (χ1) is 12.1. The first kappa shape index (κ1) is 17.7. The van der Waals surface area contributed by atoms with Gasteiger partial charge in [-0.05, 0) is 18.6 Å². The highest BCUT2D eigenvalue weighted by molar-refractivity contribution is 5.95. The van der Waals surface area contributed by atoms with Gasteiger partial charge in [-0.3, -0.25) is 14.6 Å². The number of carbonyl (C=O) groups excluding carboxylic acids is 1. The van der Waals surface area contributed by atoms with Gasteiger partial charge in [0, 0.05) is 64.8 Å². The average molecular weight is 340 g/mol. The summed E-state index contributed by atoms with van der Waals surface area (Å²) in [5.41, 5.74) is 3.16. The van der Waals surface area contributed by atoms with Gasteiger partial charge in [-0.1, -0.05) is 30.3 Å². The standard InChI is InChI=1S/C20H28N4O/c1-17-19(8-10-22(17)2)20(25)21-9-11-23-12-14-24(15-13-23)16-18-6-4-3-5-7-18/h3-8,10H,9,11-16H2,1-2H3,(H,21,25). The molecule has 3 rings (SSSR count). The number of piperazine rings is 1. The number of amides is 1. The molecule has 0 unspecified atom stereocenters. The molecule has 0 spiro atoms. The number of rotatable bonds is 6. The zero-order valence-electron chi connectivity index (χ0n) is 15.2. The SMILES string of the molecule is Cc1c(C(=O)NCCN2CCN(Cc3ccccc3)CC2)ccn1C. The second kappa shape index (κ2) is 8.32. The minimum Gasteiger partial charge on any atom is -0.354 e. The second-order valence-corrected chi connectivity index (χ2v) is 6.79. The average Bonchev–Trinajstić information content (AvgIpc) is 2.96. The Bertz CT molecular complexity index is 687. The Hall–Kier alpha value is -2.11. The summed E-state index contributed by atoms with van der Waals surface area (Å²) in [6, 6.07) is 12.5. The normalized spacial score (nSPS) is 16.1. The minimum atomic E-state index is 0.0285. The summed E-state index contributed by atoms with van der Waals surface area (Å²) in [5, 5.41) is 3.04. The molecule has 2 heterocycles. The van der Waals surface area contributed by atoms with Gasteiger partial charge in [0.2, 0.25) is 0 Å². The van der Waals surface area contributed by atoms with E-state index in [1.807, 2.05) is 30.8 Å². The summed E-state index contributed by atoms with van der Waals surface area (Å²) < 4.78 is 1.97. The molecule has 0 aliphatic carbocycles. The largest absolute Gasteiger partial charge is 0.354 e. The van der Waals surface area contributed by atoms with E-state index in [1.54, 1.807) is 0 Å². The summed E-state index contributed by atoms with van der Waals surface area (Å²) in [6.07, 6.45) is 1.93. The highest BCUT2D eigenvalue weighted by atomic mass is 16.1. The maximum Gasteiger partial charge on any atom is 0.253 e. The predicted molar refractivity (Wildman–Crippen MR) is 101 cm³/mol. The van der Waals surface area contributed by atoms with Crippen LogP contribution in [0.15, 0.2) is 42.6 Å². The fourth-order valence-corrected chi connectivity index (χ4v) is 3.28. The van der Waals surface area contributed by atoms with Crippen LogP contribution in [0.3, 0.4) is 0 Å². The Morgan fingerprint density at radius 1 is 1.04 bits per heavy atom. The molecule has 0 atom stereocenters. The number of nitrogens with zero attached hydrogens (tertiary/aromatic N) is 3. The van der Waals surface area contributed by atoms with Crippen LogP contribution in [0, 0.1) is 6.92 Å². The van der Waals surface area contributed by atoms with E-state index < -0.39 is 0 Å². The fourth-order valence-electron chi connectivity index (χ4n) is 3.28. The summed E-state index contributed by atoms with van der Waals surface area (Å²) in [5.74, 6) is 0.0285. The van der Waals surface area contributed by atoms with Crippen LogP contribution in [0.5, 0.6) is 0 Å². The zero-order chi connectivity index (χ0) is 17.6. The van der Waals surface area contributed by atoms with E-state index in [-0.39, 0.29) is 5.91 Å². The Labute approximate surface area is 150 Å². The quantitative estimate of drug-likeness (QED) is 0.873. The van der Waals surface area contributed by atoms with Crippen LogP contribution in [0.4, 0.5) is 0 Å². The molecule has 0 radical (unpaired) electrons. The molecule has 0 bridgehead atoms. The number of nitrogens with one attached hydrogen (secondary N) is 1. The highest BCUT2D eigenvalue weighted by Crippen LogP contribution is 2.09. The molecule has 1 N–H and O–H groups in total. The van der Waals surface area contributed by atoms with Crippen LogP contribution in [0.2, 0.25) is 0 Å². The smallest absolute Gasteiger partial charge is 0.253 e. The second-order valence-electron chi connectivity index (χ2n) is 6.79. The van der Waals surface area contributed by atoms with E-state index in [1.165, 1.54) is 5.56 Å². The maximum atomic E-state index is 12.2. The van der Waals surface area contributed by atoms with Crippen molar-refractivity contribution in [2.75, 3.05) is 39.3 Å². The van der Waals surface area contributed by atoms with E-state index in [9.17, 15) is 4.79 Å². The zero-order valence-corrected chi connectivity index (χ0v) is 15.2. The Kier molecular flexibility index (Phi) is 5.89. The molecular formula is C20H28N4O. The molecule has 1 aromatic carbocycles. The van der Waals surface area contributed by atoms with Crippen LogP contribution in [-0.4, -0.2) is 59.5 Å². The number of carbonyl (C=O) groups is 1. The van der Waals surface area contributed by atoms with Gasteiger partial charge in [0.15, 0.2) is 0 Å². The van der Waals surface area contributed by atoms with Crippen LogP contribution in [0.25, 0.3) is 0 Å². The Morgan fingerprint density at radius 3 is 2.36 bits per heavy atom. The lowest BCUT2D eigenvalue weighted by Gasteiger charge is -2.34. The topological polar surface area (TPSA) is 40.5 Å². The van der Waals surface area contributed by atoms with Gasteiger partial charge in [0.1, 0.15) is 0 Å². The molecule has 1 aliphatic heterocycles. The van der Waals surface area contributed by atoms with Crippen LogP contribution in [0.1, 0.15) is 21.6 Å². The summed E-state index contributed by atoms with van der Waals surface area (Å²) >= 11 is 0. The molecule has 2 aromatic rings. The van der Waals surface area contributed by atoms with Crippen molar-refractivity contribution in [2.24, 2.45) is 7.05 Å². The van der Waals surface area contributed by atoms with E-state index in [4.69, 9.17) is 0 Å². The van der Waals surface area contributed by atoms with Crippen molar-refractivity contribution in [2.45, 2.75) is 13.5 Å². The van der Waals surface area contributed by atoms with Crippen molar-refractivity contribution in [1.82, 2.24) is 19.7 Å². The molecule has 134 valence electrons. The van der Waals surface area contributed by atoms with Crippen molar-refractivity contribution in [3.8, 4) is 0 Å². The van der Waals surface area contributed by atoms with Gasteiger partial charge < -0.3 is 9.88 Å². The Morgan fingerprint density at radius 2 is 1.72 bits per heavy atom. The van der Waals surface area contributed by atoms with Gasteiger partial charge in [-0.15, -0.1) is 0 Å². The lowest BCUT2D eigenvalue weighted by Crippen LogP contribution is -2.48. The van der Waals surface area contributed by atoms with Gasteiger partial charge in [0.25, 0.3) is 5.91 Å². The van der Waals surface area contributed by atoms with Crippen LogP contribution < -0.4 is 5.32 Å². The third-order valence-corrected chi connectivity index (χ3v) is 5.06. The van der Waals surface area contributed by atoms with Gasteiger partial charge in [-0.25, -0.2) is 0 Å². The number of aromatic nitrogens is 1. The van der Waals surface area contributed by atoms with E-state index in [0.29, 0.717) is 6.54 Å². The summed E-state index contributed by atoms with van der Waals surface area (Å²) in [4.78, 5) is 17.2. The van der Waals surface area contributed by atoms with Gasteiger partial charge in [-0.2, -0.15) is 0 Å². The molecule has 1 saturated heterocycles. The van der Waals surface area contributed by atoms with Crippen molar-refractivity contribution >= 4 is 5.91 Å². The van der Waals surface area contributed by atoms with E-state index in [2.05, 4.69) is 45.4 Å². The van der Waals surface area contributed by atoms with Crippen LogP contribution >= 0.6 is 0 Å². The summed E-state index contributed by atoms with van der Waals surface area (Å²) in [7, 11) is 1.96. The molecular weight excluding hydrogens is 312 g/mol. The molecule has 5 nitrogen and oxygen atoms in total. The number of hydrogen-bond donors (Lipinski definition) is 1. The maximum absolute atomic E-state index is 12.2. The molecule has 1 amide bonds. The van der Waals surface area contributed by atoms with Crippen molar-refractivity contribution in [1.29, 1.82) is 0 Å². The Balaban J connectivity index is 1.37. The molecule has 25 heavy (non-hydrogen) atoms. The highest BCUT2D eigenvalue weighted by Gasteiger charge is 2.17. The molecule has 1 fully saturated rings. The van der Waals surface area contributed by atoms with E-state index in [0.717, 1.165) is 50.5 Å². The third-order valence-electron chi connectivity index (χ3n) is 5.06. The van der Waals surface area contributed by atoms with Crippen molar-refractivity contribution in [3.05, 3.63) is 59.4 Å². The number of aryl methyl sites for hydroxylation is 1. The van der Waals surface area contributed by atoms with Gasteiger partial charge >= 0.3 is 0 Å². The third kappa shape index (κ3) is 4.71.